The Morgan fingerprint density at radius 2 is 2.20 bits per heavy atom. The highest BCUT2D eigenvalue weighted by Crippen LogP contribution is 2.22. The van der Waals surface area contributed by atoms with Gasteiger partial charge in [0.15, 0.2) is 5.82 Å². The van der Waals surface area contributed by atoms with Crippen LogP contribution in [0.1, 0.15) is 27.2 Å². The number of aryl methyl sites for hydroxylation is 2. The molecule has 0 atom stereocenters. The topological polar surface area (TPSA) is 93.0 Å². The number of aromatic amines is 1. The highest BCUT2D eigenvalue weighted by molar-refractivity contribution is 5.98. The number of benzene rings is 1. The number of anilines is 1. The van der Waals surface area contributed by atoms with Gasteiger partial charge in [-0.25, -0.2) is 0 Å². The molecule has 0 saturated carbocycles. The van der Waals surface area contributed by atoms with Gasteiger partial charge in [0, 0.05) is 17.8 Å². The first-order valence-electron chi connectivity index (χ1n) is 6.25. The minimum absolute atomic E-state index is 0.386. The summed E-state index contributed by atoms with van der Waals surface area (Å²) in [4.78, 5) is 11.4. The van der Waals surface area contributed by atoms with Gasteiger partial charge in [-0.1, -0.05) is 17.7 Å². The first-order valence-corrected chi connectivity index (χ1v) is 6.25. The molecule has 4 N–H and O–H groups in total. The van der Waals surface area contributed by atoms with Gasteiger partial charge >= 0.3 is 0 Å². The molecule has 6 nitrogen and oxygen atoms in total. The number of nitrogens with two attached hydrogens (primary N) is 1. The van der Waals surface area contributed by atoms with E-state index >= 15 is 0 Å². The second-order valence-corrected chi connectivity index (χ2v) is 4.61. The van der Waals surface area contributed by atoms with E-state index in [1.807, 2.05) is 25.1 Å². The Balaban J connectivity index is 2.21. The summed E-state index contributed by atoms with van der Waals surface area (Å²) < 4.78 is 5.31. The maximum atomic E-state index is 11.4. The van der Waals surface area contributed by atoms with Gasteiger partial charge < -0.3 is 15.8 Å². The second-order valence-electron chi connectivity index (χ2n) is 4.61. The molecular weight excluding hydrogens is 256 g/mol. The Morgan fingerprint density at radius 1 is 1.45 bits per heavy atom. The van der Waals surface area contributed by atoms with E-state index in [0.29, 0.717) is 23.6 Å². The predicted octanol–water partition coefficient (Wildman–Crippen LogP) is 1.75. The molecule has 1 heterocycles. The summed E-state index contributed by atoms with van der Waals surface area (Å²) in [5, 5.41) is 9.91. The molecule has 1 aromatic heterocycles. The second kappa shape index (κ2) is 5.64. The number of hydrogen-bond donors (Lipinski definition) is 3. The maximum absolute atomic E-state index is 11.4. The quantitative estimate of drug-likeness (QED) is 0.774. The lowest BCUT2D eigenvalue weighted by Crippen LogP contribution is -2.14. The standard InChI is InChI=1S/C14H18N4O2/c1-8-4-5-11(20-3)10(6-8)7-16-14-12(13(15)19)9(2)17-18-14/h4-6H,7H2,1-3H3,(H2,15,19)(H2,16,17,18). The number of carbonyl (C=O) groups excluding carboxylic acids is 1. The normalized spacial score (nSPS) is 10.3. The lowest BCUT2D eigenvalue weighted by Gasteiger charge is -2.10. The van der Waals surface area contributed by atoms with Crippen molar-refractivity contribution in [2.24, 2.45) is 5.73 Å². The third kappa shape index (κ3) is 2.74. The van der Waals surface area contributed by atoms with Crippen molar-refractivity contribution in [1.82, 2.24) is 10.2 Å². The molecule has 0 saturated heterocycles. The van der Waals surface area contributed by atoms with Gasteiger partial charge in [0.1, 0.15) is 11.3 Å². The Bertz CT molecular complexity index is 634. The zero-order valence-electron chi connectivity index (χ0n) is 11.8. The third-order valence-electron chi connectivity index (χ3n) is 3.08. The Morgan fingerprint density at radius 3 is 2.85 bits per heavy atom. The Hall–Kier alpha value is -2.50. The van der Waals surface area contributed by atoms with Crippen molar-refractivity contribution in [3.63, 3.8) is 0 Å². The van der Waals surface area contributed by atoms with Gasteiger partial charge in [-0.3, -0.25) is 9.89 Å². The Labute approximate surface area is 117 Å². The van der Waals surface area contributed by atoms with Crippen LogP contribution in [0, 0.1) is 13.8 Å². The molecule has 2 rings (SSSR count). The maximum Gasteiger partial charge on any atom is 0.254 e. The first-order chi connectivity index (χ1) is 9.52. The van der Waals surface area contributed by atoms with Crippen LogP contribution in [0.2, 0.25) is 0 Å². The molecule has 6 heteroatoms. The van der Waals surface area contributed by atoms with Gasteiger partial charge in [0.25, 0.3) is 5.91 Å². The number of amides is 1. The number of carbonyl (C=O) groups is 1. The molecule has 1 aromatic carbocycles. The number of H-pyrrole nitrogens is 1. The van der Waals surface area contributed by atoms with Gasteiger partial charge in [-0.15, -0.1) is 0 Å². The summed E-state index contributed by atoms with van der Waals surface area (Å²) >= 11 is 0. The smallest absolute Gasteiger partial charge is 0.254 e. The average Bonchev–Trinajstić information content (AvgIpc) is 2.77. The molecule has 0 aliphatic carbocycles. The van der Waals surface area contributed by atoms with Gasteiger partial charge in [-0.2, -0.15) is 5.10 Å². The lowest BCUT2D eigenvalue weighted by atomic mass is 10.1. The number of primary amides is 1. The van der Waals surface area contributed by atoms with Crippen molar-refractivity contribution >= 4 is 11.7 Å². The van der Waals surface area contributed by atoms with E-state index < -0.39 is 5.91 Å². The molecule has 2 aromatic rings. The molecule has 0 aliphatic heterocycles. The van der Waals surface area contributed by atoms with E-state index in [1.165, 1.54) is 0 Å². The van der Waals surface area contributed by atoms with E-state index in [0.717, 1.165) is 16.9 Å². The summed E-state index contributed by atoms with van der Waals surface area (Å²) in [7, 11) is 1.63. The fourth-order valence-electron chi connectivity index (χ4n) is 2.08. The molecular formula is C14H18N4O2. The molecule has 1 amide bonds. The van der Waals surface area contributed by atoms with Crippen molar-refractivity contribution in [3.8, 4) is 5.75 Å². The molecule has 20 heavy (non-hydrogen) atoms. The summed E-state index contributed by atoms with van der Waals surface area (Å²) in [6.45, 7) is 4.26. The van der Waals surface area contributed by atoms with Gasteiger partial charge in [-0.05, 0) is 19.9 Å². The van der Waals surface area contributed by atoms with Crippen LogP contribution < -0.4 is 15.8 Å². The summed E-state index contributed by atoms with van der Waals surface area (Å²) in [6, 6.07) is 5.92. The molecule has 0 unspecified atom stereocenters. The van der Waals surface area contributed by atoms with Crippen LogP contribution in [0.15, 0.2) is 18.2 Å². The molecule has 0 radical (unpaired) electrons. The number of aromatic nitrogens is 2. The fourth-order valence-corrected chi connectivity index (χ4v) is 2.08. The van der Waals surface area contributed by atoms with E-state index in [1.54, 1.807) is 14.0 Å². The number of methoxy groups -OCH3 is 1. The van der Waals surface area contributed by atoms with E-state index in [4.69, 9.17) is 10.5 Å². The SMILES string of the molecule is COc1ccc(C)cc1CNc1n[nH]c(C)c1C(N)=O. The van der Waals surface area contributed by atoms with E-state index in [-0.39, 0.29) is 0 Å². The zero-order chi connectivity index (χ0) is 14.7. The highest BCUT2D eigenvalue weighted by Gasteiger charge is 2.15. The van der Waals surface area contributed by atoms with Crippen molar-refractivity contribution in [3.05, 3.63) is 40.6 Å². The fraction of sp³-hybridized carbons (Fsp3) is 0.286. The monoisotopic (exact) mass is 274 g/mol. The summed E-state index contributed by atoms with van der Waals surface area (Å²) in [5.41, 5.74) is 8.50. The van der Waals surface area contributed by atoms with Crippen molar-refractivity contribution in [2.75, 3.05) is 12.4 Å². The molecule has 0 fully saturated rings. The lowest BCUT2D eigenvalue weighted by molar-refractivity contribution is 0.100. The van der Waals surface area contributed by atoms with Gasteiger partial charge in [0.05, 0.1) is 7.11 Å². The summed E-state index contributed by atoms with van der Waals surface area (Å²) in [5.74, 6) is 0.740. The Kier molecular flexibility index (Phi) is 3.93. The largest absolute Gasteiger partial charge is 0.496 e. The minimum Gasteiger partial charge on any atom is -0.496 e. The number of hydrogen-bond acceptors (Lipinski definition) is 4. The minimum atomic E-state index is -0.505. The average molecular weight is 274 g/mol. The van der Waals surface area contributed by atoms with E-state index in [2.05, 4.69) is 15.5 Å². The van der Waals surface area contributed by atoms with Crippen LogP contribution in [-0.2, 0) is 6.54 Å². The molecule has 0 bridgehead atoms. The van der Waals surface area contributed by atoms with Gasteiger partial charge in [0.2, 0.25) is 0 Å². The number of ether oxygens (including phenoxy) is 1. The van der Waals surface area contributed by atoms with Crippen LogP contribution in [-0.4, -0.2) is 23.2 Å². The first kappa shape index (κ1) is 13.9. The predicted molar refractivity (Wildman–Crippen MR) is 76.9 cm³/mol. The molecule has 0 aliphatic rings. The summed E-state index contributed by atoms with van der Waals surface area (Å²) in [6.07, 6.45) is 0. The van der Waals surface area contributed by atoms with Crippen LogP contribution in [0.4, 0.5) is 5.82 Å². The third-order valence-corrected chi connectivity index (χ3v) is 3.08. The van der Waals surface area contributed by atoms with Crippen LogP contribution >= 0.6 is 0 Å². The van der Waals surface area contributed by atoms with Crippen LogP contribution in [0.3, 0.4) is 0 Å². The zero-order valence-corrected chi connectivity index (χ0v) is 11.8. The highest BCUT2D eigenvalue weighted by atomic mass is 16.5. The number of nitrogens with zero attached hydrogens (tertiary/aromatic N) is 1. The van der Waals surface area contributed by atoms with E-state index in [9.17, 15) is 4.79 Å². The van der Waals surface area contributed by atoms with Crippen LogP contribution in [0.5, 0.6) is 5.75 Å². The number of rotatable bonds is 5. The van der Waals surface area contributed by atoms with Crippen molar-refractivity contribution in [2.45, 2.75) is 20.4 Å². The number of nitrogens with one attached hydrogen (secondary N) is 2. The molecule has 0 spiro atoms. The van der Waals surface area contributed by atoms with Crippen molar-refractivity contribution < 1.29 is 9.53 Å². The molecule has 106 valence electrons. The van der Waals surface area contributed by atoms with Crippen LogP contribution in [0.25, 0.3) is 0 Å². The van der Waals surface area contributed by atoms with Crippen molar-refractivity contribution in [1.29, 1.82) is 0 Å².